The largest absolute Gasteiger partial charge is 0.269 e. The summed E-state index contributed by atoms with van der Waals surface area (Å²) >= 11 is 1.60. The highest BCUT2D eigenvalue weighted by molar-refractivity contribution is 7.89. The lowest BCUT2D eigenvalue weighted by molar-refractivity contribution is -0.384. The van der Waals surface area contributed by atoms with Crippen molar-refractivity contribution in [3.8, 4) is 0 Å². The lowest BCUT2D eigenvalue weighted by Crippen LogP contribution is -2.11. The van der Waals surface area contributed by atoms with E-state index in [4.69, 9.17) is 5.14 Å². The molecule has 1 aromatic carbocycles. The molecule has 0 radical (unpaired) electrons. The second-order valence-electron chi connectivity index (χ2n) is 2.97. The highest BCUT2D eigenvalue weighted by Gasteiger charge is 2.10. The van der Waals surface area contributed by atoms with Crippen molar-refractivity contribution in [2.24, 2.45) is 5.14 Å². The van der Waals surface area contributed by atoms with E-state index in [1.165, 1.54) is 0 Å². The molecule has 0 atom stereocenters. The Kier molecular flexibility index (Phi) is 4.89. The van der Waals surface area contributed by atoms with E-state index in [-0.39, 0.29) is 10.6 Å². The Labute approximate surface area is 107 Å². The van der Waals surface area contributed by atoms with E-state index in [9.17, 15) is 18.5 Å². The molecule has 0 unspecified atom stereocenters. The summed E-state index contributed by atoms with van der Waals surface area (Å²) in [7, 11) is -3.77. The van der Waals surface area contributed by atoms with Crippen LogP contribution in [-0.4, -0.2) is 18.3 Å². The van der Waals surface area contributed by atoms with Crippen LogP contribution in [0.3, 0.4) is 0 Å². The third-order valence-corrected chi connectivity index (χ3v) is 3.17. The minimum Gasteiger partial charge on any atom is -0.258 e. The number of nitrogens with two attached hydrogens (primary N) is 1. The molecular formula is C9H9N3O4S2. The average molecular weight is 287 g/mol. The molecule has 0 saturated heterocycles. The number of nitro benzene ring substituents is 1. The number of rotatable bonds is 2. The number of non-ortho nitro benzene ring substituents is 1. The molecule has 2 N–H and O–H groups in total. The Morgan fingerprint density at radius 2 is 1.89 bits per heavy atom. The number of nitrogens with zero attached hydrogens (tertiary/aromatic N) is 2. The average Bonchev–Trinajstić information content (AvgIpc) is 2.86. The molecule has 0 spiro atoms. The lowest BCUT2D eigenvalue weighted by atomic mass is 10.3. The zero-order valence-corrected chi connectivity index (χ0v) is 10.6. The molecule has 0 saturated carbocycles. The maximum atomic E-state index is 10.7. The number of sulfonamides is 1. The summed E-state index contributed by atoms with van der Waals surface area (Å²) in [6.07, 6.45) is 1.77. The SMILES string of the molecule is NS(=O)(=O)c1ccc([N+](=O)[O-])cc1.c1cscn1. The molecule has 0 aliphatic carbocycles. The van der Waals surface area contributed by atoms with Gasteiger partial charge in [0, 0.05) is 23.7 Å². The highest BCUT2D eigenvalue weighted by atomic mass is 32.2. The Balaban J connectivity index is 0.000000269. The lowest BCUT2D eigenvalue weighted by Gasteiger charge is -1.95. The quantitative estimate of drug-likeness (QED) is 0.661. The van der Waals surface area contributed by atoms with E-state index >= 15 is 0 Å². The molecule has 1 heterocycles. The minimum atomic E-state index is -3.77. The first kappa shape index (κ1) is 14.2. The summed E-state index contributed by atoms with van der Waals surface area (Å²) in [5.74, 6) is 0. The third kappa shape index (κ3) is 4.57. The maximum absolute atomic E-state index is 10.7. The second-order valence-corrected chi connectivity index (χ2v) is 5.29. The number of hydrogen-bond acceptors (Lipinski definition) is 6. The summed E-state index contributed by atoms with van der Waals surface area (Å²) < 4.78 is 21.4. The van der Waals surface area contributed by atoms with Gasteiger partial charge in [-0.25, -0.2) is 13.6 Å². The van der Waals surface area contributed by atoms with E-state index in [0.717, 1.165) is 24.3 Å². The van der Waals surface area contributed by atoms with Gasteiger partial charge in [-0.2, -0.15) is 0 Å². The van der Waals surface area contributed by atoms with Gasteiger partial charge in [0.05, 0.1) is 15.3 Å². The van der Waals surface area contributed by atoms with Crippen LogP contribution in [-0.2, 0) is 10.0 Å². The molecule has 7 nitrogen and oxygen atoms in total. The number of aromatic nitrogens is 1. The van der Waals surface area contributed by atoms with Crippen LogP contribution in [0.5, 0.6) is 0 Å². The van der Waals surface area contributed by atoms with Gasteiger partial charge in [-0.3, -0.25) is 15.1 Å². The third-order valence-electron chi connectivity index (χ3n) is 1.72. The van der Waals surface area contributed by atoms with Crippen molar-refractivity contribution < 1.29 is 13.3 Å². The number of thiazole rings is 1. The van der Waals surface area contributed by atoms with Gasteiger partial charge in [0.2, 0.25) is 10.0 Å². The zero-order valence-electron chi connectivity index (χ0n) is 8.96. The van der Waals surface area contributed by atoms with Crippen molar-refractivity contribution >= 4 is 27.0 Å². The van der Waals surface area contributed by atoms with Crippen molar-refractivity contribution in [2.75, 3.05) is 0 Å². The molecule has 0 fully saturated rings. The standard InChI is InChI=1S/C6H6N2O4S.C3H3NS/c7-13(11,12)6-3-1-5(2-4-6)8(9)10;1-2-5-3-4-1/h1-4H,(H2,7,11,12);1-3H. The molecule has 0 aliphatic heterocycles. The number of benzene rings is 1. The second kappa shape index (κ2) is 6.19. The first-order chi connectivity index (χ1) is 8.41. The van der Waals surface area contributed by atoms with E-state index in [1.807, 2.05) is 5.38 Å². The van der Waals surface area contributed by atoms with Crippen molar-refractivity contribution in [2.45, 2.75) is 4.90 Å². The number of primary sulfonamides is 1. The van der Waals surface area contributed by atoms with Crippen LogP contribution < -0.4 is 5.14 Å². The zero-order chi connectivity index (χ0) is 13.6. The summed E-state index contributed by atoms with van der Waals surface area (Å²) in [5, 5.41) is 16.9. The molecule has 96 valence electrons. The number of nitro groups is 1. The highest BCUT2D eigenvalue weighted by Crippen LogP contribution is 2.14. The molecule has 18 heavy (non-hydrogen) atoms. The van der Waals surface area contributed by atoms with Crippen molar-refractivity contribution in [3.05, 3.63) is 51.5 Å². The Bertz CT molecular complexity index is 576. The summed E-state index contributed by atoms with van der Waals surface area (Å²) in [6.45, 7) is 0. The molecule has 0 amide bonds. The first-order valence-corrected chi connectivity index (χ1v) is 6.99. The fourth-order valence-electron chi connectivity index (χ4n) is 0.933. The number of hydrogen-bond donors (Lipinski definition) is 1. The predicted molar refractivity (Wildman–Crippen MR) is 66.6 cm³/mol. The van der Waals surface area contributed by atoms with E-state index in [1.54, 1.807) is 23.0 Å². The molecule has 1 aromatic heterocycles. The fourth-order valence-corrected chi connectivity index (χ4v) is 1.80. The fraction of sp³-hybridized carbons (Fsp3) is 0. The normalized spacial score (nSPS) is 10.3. The Morgan fingerprint density at radius 3 is 2.17 bits per heavy atom. The maximum Gasteiger partial charge on any atom is 0.269 e. The van der Waals surface area contributed by atoms with Crippen LogP contribution in [0, 0.1) is 10.1 Å². The molecule has 0 bridgehead atoms. The van der Waals surface area contributed by atoms with Gasteiger partial charge < -0.3 is 0 Å². The van der Waals surface area contributed by atoms with Gasteiger partial charge >= 0.3 is 0 Å². The summed E-state index contributed by atoms with van der Waals surface area (Å²) in [4.78, 5) is 13.2. The Hall–Kier alpha value is -1.84. The predicted octanol–water partition coefficient (Wildman–Crippen LogP) is 1.39. The molecular weight excluding hydrogens is 278 g/mol. The molecule has 9 heteroatoms. The monoisotopic (exact) mass is 287 g/mol. The van der Waals surface area contributed by atoms with Crippen LogP contribution in [0.4, 0.5) is 5.69 Å². The molecule has 0 aliphatic rings. The van der Waals surface area contributed by atoms with Gasteiger partial charge in [0.15, 0.2) is 0 Å². The summed E-state index contributed by atoms with van der Waals surface area (Å²) in [5.41, 5.74) is 1.62. The van der Waals surface area contributed by atoms with Gasteiger partial charge in [-0.05, 0) is 12.1 Å². The molecule has 2 aromatic rings. The molecule has 2 rings (SSSR count). The van der Waals surface area contributed by atoms with Crippen molar-refractivity contribution in [1.29, 1.82) is 0 Å². The van der Waals surface area contributed by atoms with E-state index in [2.05, 4.69) is 4.98 Å². The topological polar surface area (TPSA) is 116 Å². The van der Waals surface area contributed by atoms with Gasteiger partial charge in [-0.1, -0.05) is 0 Å². The van der Waals surface area contributed by atoms with Gasteiger partial charge in [0.25, 0.3) is 5.69 Å². The minimum absolute atomic E-state index is 0.141. The summed E-state index contributed by atoms with van der Waals surface area (Å²) in [6, 6.07) is 4.35. The smallest absolute Gasteiger partial charge is 0.258 e. The van der Waals surface area contributed by atoms with Crippen LogP contribution in [0.2, 0.25) is 0 Å². The van der Waals surface area contributed by atoms with Crippen LogP contribution >= 0.6 is 11.3 Å². The van der Waals surface area contributed by atoms with Crippen molar-refractivity contribution in [1.82, 2.24) is 4.98 Å². The van der Waals surface area contributed by atoms with Crippen LogP contribution in [0.25, 0.3) is 0 Å². The van der Waals surface area contributed by atoms with Gasteiger partial charge in [0.1, 0.15) is 0 Å². The van der Waals surface area contributed by atoms with E-state index < -0.39 is 14.9 Å². The first-order valence-electron chi connectivity index (χ1n) is 4.50. The van der Waals surface area contributed by atoms with Gasteiger partial charge in [-0.15, -0.1) is 11.3 Å². The van der Waals surface area contributed by atoms with E-state index in [0.29, 0.717) is 0 Å². The van der Waals surface area contributed by atoms with Crippen LogP contribution in [0.1, 0.15) is 0 Å². The van der Waals surface area contributed by atoms with Crippen molar-refractivity contribution in [3.63, 3.8) is 0 Å². The Morgan fingerprint density at radius 1 is 1.28 bits per heavy atom. The van der Waals surface area contributed by atoms with Crippen LogP contribution in [0.15, 0.2) is 46.2 Å².